The summed E-state index contributed by atoms with van der Waals surface area (Å²) in [4.78, 5) is 38.6. The number of carbonyl (C=O) groups excluding carboxylic acids is 4. The molecule has 0 unspecified atom stereocenters. The van der Waals surface area contributed by atoms with Gasteiger partial charge in [0.15, 0.2) is 0 Å². The van der Waals surface area contributed by atoms with Crippen molar-refractivity contribution in [1.82, 2.24) is 5.32 Å². The molecule has 8 heteroatoms. The van der Waals surface area contributed by atoms with Gasteiger partial charge in [-0.3, -0.25) is 14.9 Å². The summed E-state index contributed by atoms with van der Waals surface area (Å²) in [5.74, 6) is -2.65. The summed E-state index contributed by atoms with van der Waals surface area (Å²) in [6.45, 7) is 3.07. The Balaban J connectivity index is -0.000000188. The van der Waals surface area contributed by atoms with Crippen LogP contribution in [0.25, 0.3) is 0 Å². The van der Waals surface area contributed by atoms with Crippen molar-refractivity contribution in [3.8, 4) is 0 Å². The normalized spacial score (nSPS) is 11.0. The summed E-state index contributed by atoms with van der Waals surface area (Å²) in [6.07, 6.45) is 2.62. The molecular weight excluding hydrogens is 296 g/mol. The van der Waals surface area contributed by atoms with E-state index in [1.165, 1.54) is 26.0 Å². The van der Waals surface area contributed by atoms with E-state index in [-0.39, 0.29) is 44.1 Å². The molecule has 0 atom stereocenters. The van der Waals surface area contributed by atoms with E-state index in [4.69, 9.17) is 0 Å². The molecule has 96 valence electrons. The minimum absolute atomic E-state index is 0. The molecule has 1 aliphatic heterocycles. The third kappa shape index (κ3) is 19.9. The molecule has 0 aliphatic carbocycles. The largest absolute Gasteiger partial charge is 2.00 e. The van der Waals surface area contributed by atoms with Gasteiger partial charge in [0.05, 0.1) is 0 Å². The first-order valence-corrected chi connectivity index (χ1v) is 4.76. The van der Waals surface area contributed by atoms with Crippen LogP contribution in [0.1, 0.15) is 26.7 Å². The molecule has 18 heavy (non-hydrogen) atoms. The standard InChI is InChI=1S/C4H3NO2.2C3H6O2.Zn/c6-3-1-2-4(7)5-3;2*1-2-3(4)5;/h1-2H,(H,5,6,7);2*2H2,1H3,(H,4,5);/q;;;+2/p-2. The zero-order chi connectivity index (χ0) is 13.8. The summed E-state index contributed by atoms with van der Waals surface area (Å²) in [5, 5.41) is 20.5. The van der Waals surface area contributed by atoms with Crippen molar-refractivity contribution in [3.63, 3.8) is 0 Å². The Labute approximate surface area is 117 Å². The number of carbonyl (C=O) groups is 4. The van der Waals surface area contributed by atoms with Gasteiger partial charge in [-0.1, -0.05) is 13.8 Å². The quantitative estimate of drug-likeness (QED) is 0.443. The van der Waals surface area contributed by atoms with Gasteiger partial charge in [-0.05, 0) is 12.8 Å². The Morgan fingerprint density at radius 3 is 1.28 bits per heavy atom. The van der Waals surface area contributed by atoms with Crippen molar-refractivity contribution in [3.05, 3.63) is 12.2 Å². The fraction of sp³-hybridized carbons (Fsp3) is 0.400. The number of imide groups is 1. The Hall–Kier alpha value is -1.56. The van der Waals surface area contributed by atoms with Crippen LogP contribution in [-0.2, 0) is 38.7 Å². The number of hydrogen-bond donors (Lipinski definition) is 1. The zero-order valence-corrected chi connectivity index (χ0v) is 13.2. The van der Waals surface area contributed by atoms with Crippen LogP contribution in [0.3, 0.4) is 0 Å². The summed E-state index contributed by atoms with van der Waals surface area (Å²) in [5.41, 5.74) is 0. The molecule has 0 aromatic heterocycles. The number of carboxylic acids is 2. The molecule has 0 bridgehead atoms. The second-order valence-electron chi connectivity index (χ2n) is 2.64. The number of hydrogen-bond acceptors (Lipinski definition) is 6. The number of carboxylic acid groups (broad SMARTS) is 2. The summed E-state index contributed by atoms with van der Waals surface area (Å²) in [7, 11) is 0. The van der Waals surface area contributed by atoms with E-state index in [0.29, 0.717) is 0 Å². The van der Waals surface area contributed by atoms with Crippen molar-refractivity contribution >= 4 is 23.8 Å². The average Bonchev–Trinajstić information content (AvgIpc) is 2.64. The first-order valence-electron chi connectivity index (χ1n) is 4.76. The van der Waals surface area contributed by atoms with E-state index in [9.17, 15) is 29.4 Å². The molecular formula is C10H13NO6Zn. The predicted molar refractivity (Wildman–Crippen MR) is 52.9 cm³/mol. The molecule has 2 amide bonds. The predicted octanol–water partition coefficient (Wildman–Crippen LogP) is -2.51. The van der Waals surface area contributed by atoms with Crippen molar-refractivity contribution in [1.29, 1.82) is 0 Å². The van der Waals surface area contributed by atoms with Gasteiger partial charge in [0.25, 0.3) is 11.8 Å². The van der Waals surface area contributed by atoms with Crippen molar-refractivity contribution < 1.29 is 48.9 Å². The minimum atomic E-state index is -0.995. The molecule has 1 aliphatic rings. The third-order valence-corrected chi connectivity index (χ3v) is 1.21. The number of rotatable bonds is 2. The molecule has 0 fully saturated rings. The molecule has 0 saturated heterocycles. The van der Waals surface area contributed by atoms with Gasteiger partial charge in [0.1, 0.15) is 0 Å². The van der Waals surface area contributed by atoms with E-state index in [1.807, 2.05) is 5.32 Å². The van der Waals surface area contributed by atoms with Crippen molar-refractivity contribution in [2.24, 2.45) is 0 Å². The molecule has 0 aromatic carbocycles. The molecule has 0 spiro atoms. The van der Waals surface area contributed by atoms with Crippen LogP contribution in [0.4, 0.5) is 0 Å². The molecule has 1 N–H and O–H groups in total. The molecule has 7 nitrogen and oxygen atoms in total. The second kappa shape index (κ2) is 13.5. The van der Waals surface area contributed by atoms with Gasteiger partial charge in [-0.2, -0.15) is 0 Å². The Morgan fingerprint density at radius 2 is 1.22 bits per heavy atom. The van der Waals surface area contributed by atoms with Crippen LogP contribution in [-0.4, -0.2) is 23.8 Å². The van der Waals surface area contributed by atoms with Crippen LogP contribution in [0.5, 0.6) is 0 Å². The van der Waals surface area contributed by atoms with Gasteiger partial charge in [0, 0.05) is 24.1 Å². The molecule has 1 rings (SSSR count). The molecule has 0 saturated carbocycles. The van der Waals surface area contributed by atoms with E-state index >= 15 is 0 Å². The maximum atomic E-state index is 10.0. The van der Waals surface area contributed by atoms with Gasteiger partial charge in [0.2, 0.25) is 0 Å². The SMILES string of the molecule is CCC(=O)[O-].CCC(=O)[O-].O=C1C=CC(=O)N1.[Zn+2]. The van der Waals surface area contributed by atoms with Crippen LogP contribution in [0, 0.1) is 0 Å². The van der Waals surface area contributed by atoms with E-state index in [2.05, 4.69) is 0 Å². The maximum Gasteiger partial charge on any atom is 2.00 e. The van der Waals surface area contributed by atoms with E-state index in [1.54, 1.807) is 0 Å². The maximum absolute atomic E-state index is 10.0. The van der Waals surface area contributed by atoms with Crippen LogP contribution in [0.15, 0.2) is 12.2 Å². The zero-order valence-electron chi connectivity index (χ0n) is 10.2. The van der Waals surface area contributed by atoms with Gasteiger partial charge < -0.3 is 19.8 Å². The van der Waals surface area contributed by atoms with Crippen LogP contribution >= 0.6 is 0 Å². The second-order valence-corrected chi connectivity index (χ2v) is 2.64. The Morgan fingerprint density at radius 1 is 1.00 bits per heavy atom. The monoisotopic (exact) mass is 307 g/mol. The minimum Gasteiger partial charge on any atom is -0.550 e. The first-order chi connectivity index (χ1) is 7.83. The van der Waals surface area contributed by atoms with E-state index in [0.717, 1.165) is 0 Å². The fourth-order valence-electron chi connectivity index (χ4n) is 0.356. The first kappa shape index (κ1) is 21.7. The van der Waals surface area contributed by atoms with Gasteiger partial charge in [-0.15, -0.1) is 0 Å². The average molecular weight is 309 g/mol. The molecule has 0 aromatic rings. The van der Waals surface area contributed by atoms with Crippen molar-refractivity contribution in [2.45, 2.75) is 26.7 Å². The van der Waals surface area contributed by atoms with Crippen molar-refractivity contribution in [2.75, 3.05) is 0 Å². The summed E-state index contributed by atoms with van der Waals surface area (Å²) < 4.78 is 0. The van der Waals surface area contributed by atoms with Gasteiger partial charge in [-0.25, -0.2) is 0 Å². The summed E-state index contributed by atoms with van der Waals surface area (Å²) >= 11 is 0. The van der Waals surface area contributed by atoms with Gasteiger partial charge >= 0.3 is 19.5 Å². The van der Waals surface area contributed by atoms with Crippen LogP contribution in [0.2, 0.25) is 0 Å². The number of amides is 2. The molecule has 1 heterocycles. The van der Waals surface area contributed by atoms with E-state index < -0.39 is 11.9 Å². The summed E-state index contributed by atoms with van der Waals surface area (Å²) in [6, 6.07) is 0. The number of aliphatic carboxylic acids is 2. The molecule has 0 radical (unpaired) electrons. The fourth-order valence-corrected chi connectivity index (χ4v) is 0.356. The van der Waals surface area contributed by atoms with Crippen LogP contribution < -0.4 is 15.5 Å². The number of nitrogens with one attached hydrogen (secondary N) is 1. The Bertz CT molecular complexity index is 296. The topological polar surface area (TPSA) is 126 Å². The Kier molecular flexibility index (Phi) is 16.3. The smallest absolute Gasteiger partial charge is 0.550 e. The third-order valence-electron chi connectivity index (χ3n) is 1.21.